The van der Waals surface area contributed by atoms with Crippen LogP contribution in [0.1, 0.15) is 16.8 Å². The Morgan fingerprint density at radius 1 is 1.29 bits per heavy atom. The van der Waals surface area contributed by atoms with Crippen LogP contribution in [0.15, 0.2) is 33.8 Å². The van der Waals surface area contributed by atoms with E-state index in [1.807, 2.05) is 0 Å². The SMILES string of the molecule is COc1cc([C@@H]2SC=C3Sc4nnc(C(F)(F)F)n4N32)ccc1O. The second-order valence-electron chi connectivity index (χ2n) is 4.94. The maximum atomic E-state index is 13.2. The summed E-state index contributed by atoms with van der Waals surface area (Å²) in [4.78, 5) is 0. The van der Waals surface area contributed by atoms with Crippen molar-refractivity contribution < 1.29 is 23.0 Å². The van der Waals surface area contributed by atoms with Gasteiger partial charge in [0.05, 0.1) is 7.11 Å². The van der Waals surface area contributed by atoms with Gasteiger partial charge in [-0.3, -0.25) is 5.01 Å². The highest BCUT2D eigenvalue weighted by Crippen LogP contribution is 2.52. The van der Waals surface area contributed by atoms with E-state index in [1.54, 1.807) is 17.5 Å². The molecule has 3 heterocycles. The monoisotopic (exact) mass is 374 g/mol. The van der Waals surface area contributed by atoms with E-state index in [0.717, 1.165) is 16.4 Å². The van der Waals surface area contributed by atoms with Crippen LogP contribution < -0.4 is 9.75 Å². The fourth-order valence-corrected chi connectivity index (χ4v) is 4.70. The molecule has 6 nitrogen and oxygen atoms in total. The van der Waals surface area contributed by atoms with E-state index in [0.29, 0.717) is 10.6 Å². The van der Waals surface area contributed by atoms with Crippen LogP contribution in [0.3, 0.4) is 0 Å². The standard InChI is InChI=1S/C13H9F3N4O2S2/c1-22-8-4-6(2-3-7(8)21)10-19-9(5-23-10)24-12-18-17-11(20(12)19)13(14,15)16/h2-5,10,21H,1H3/t10-/m0/s1. The van der Waals surface area contributed by atoms with E-state index in [1.165, 1.54) is 29.9 Å². The van der Waals surface area contributed by atoms with Gasteiger partial charge in [-0.1, -0.05) is 17.8 Å². The molecule has 0 aliphatic carbocycles. The minimum atomic E-state index is -4.61. The topological polar surface area (TPSA) is 63.4 Å². The highest BCUT2D eigenvalue weighted by atomic mass is 32.2. The molecule has 24 heavy (non-hydrogen) atoms. The molecule has 0 saturated heterocycles. The Kier molecular flexibility index (Phi) is 3.39. The summed E-state index contributed by atoms with van der Waals surface area (Å²) in [5.74, 6) is -0.839. The lowest BCUT2D eigenvalue weighted by Gasteiger charge is -2.26. The van der Waals surface area contributed by atoms with Gasteiger partial charge in [0.15, 0.2) is 11.5 Å². The molecule has 126 valence electrons. The van der Waals surface area contributed by atoms with Gasteiger partial charge in [0, 0.05) is 5.41 Å². The lowest BCUT2D eigenvalue weighted by Crippen LogP contribution is -2.33. The van der Waals surface area contributed by atoms with Crippen LogP contribution in [0.5, 0.6) is 11.5 Å². The number of fused-ring (bicyclic) bond motifs is 3. The summed E-state index contributed by atoms with van der Waals surface area (Å²) in [7, 11) is 1.41. The zero-order valence-electron chi connectivity index (χ0n) is 12.0. The van der Waals surface area contributed by atoms with Crippen LogP contribution in [0, 0.1) is 0 Å². The second-order valence-corrected chi connectivity index (χ2v) is 6.88. The molecule has 0 bridgehead atoms. The number of aromatic hydroxyl groups is 1. The van der Waals surface area contributed by atoms with Gasteiger partial charge in [0.25, 0.3) is 5.82 Å². The Balaban J connectivity index is 1.78. The molecule has 1 N–H and O–H groups in total. The van der Waals surface area contributed by atoms with Gasteiger partial charge in [-0.25, -0.2) is 4.68 Å². The molecule has 1 atom stereocenters. The van der Waals surface area contributed by atoms with Crippen LogP contribution >= 0.6 is 23.5 Å². The number of hydrogen-bond acceptors (Lipinski definition) is 7. The van der Waals surface area contributed by atoms with Crippen LogP contribution in [0.4, 0.5) is 13.2 Å². The quantitative estimate of drug-likeness (QED) is 0.865. The first-order valence-electron chi connectivity index (χ1n) is 6.62. The maximum Gasteiger partial charge on any atom is 0.453 e. The van der Waals surface area contributed by atoms with Crippen LogP contribution in [-0.2, 0) is 6.18 Å². The maximum absolute atomic E-state index is 13.2. The summed E-state index contributed by atoms with van der Waals surface area (Å²) in [6, 6.07) is 4.70. The van der Waals surface area contributed by atoms with Crippen molar-refractivity contribution in [1.82, 2.24) is 14.9 Å². The molecule has 1 aromatic heterocycles. The lowest BCUT2D eigenvalue weighted by atomic mass is 10.2. The summed E-state index contributed by atoms with van der Waals surface area (Å²) in [6.07, 6.45) is -4.61. The molecule has 0 amide bonds. The zero-order chi connectivity index (χ0) is 17.1. The summed E-state index contributed by atoms with van der Waals surface area (Å²) >= 11 is 2.49. The van der Waals surface area contributed by atoms with E-state index in [4.69, 9.17) is 4.74 Å². The van der Waals surface area contributed by atoms with Crippen molar-refractivity contribution in [3.05, 3.63) is 40.0 Å². The van der Waals surface area contributed by atoms with Gasteiger partial charge in [-0.15, -0.1) is 10.2 Å². The number of halogens is 3. The fraction of sp³-hybridized carbons (Fsp3) is 0.231. The molecule has 0 spiro atoms. The van der Waals surface area contributed by atoms with Crippen molar-refractivity contribution in [3.63, 3.8) is 0 Å². The first-order valence-corrected chi connectivity index (χ1v) is 8.38. The van der Waals surface area contributed by atoms with Crippen LogP contribution in [-0.4, -0.2) is 27.1 Å². The zero-order valence-corrected chi connectivity index (χ0v) is 13.6. The fourth-order valence-electron chi connectivity index (χ4n) is 2.49. The molecule has 2 aromatic rings. The average Bonchev–Trinajstić information content (AvgIpc) is 3.17. The third-order valence-corrected chi connectivity index (χ3v) is 5.70. The van der Waals surface area contributed by atoms with Crippen molar-refractivity contribution in [2.45, 2.75) is 16.7 Å². The smallest absolute Gasteiger partial charge is 0.453 e. The Hall–Kier alpha value is -2.01. The summed E-state index contributed by atoms with van der Waals surface area (Å²) < 4.78 is 45.7. The second kappa shape index (κ2) is 5.24. The number of hydrogen-bond donors (Lipinski definition) is 1. The average molecular weight is 374 g/mol. The predicted octanol–water partition coefficient (Wildman–Crippen LogP) is 3.30. The highest BCUT2D eigenvalue weighted by molar-refractivity contribution is 8.07. The highest BCUT2D eigenvalue weighted by Gasteiger charge is 2.47. The number of aromatic nitrogens is 3. The minimum absolute atomic E-state index is 0.0332. The van der Waals surface area contributed by atoms with Gasteiger partial charge in [-0.05, 0) is 29.5 Å². The van der Waals surface area contributed by atoms with E-state index in [-0.39, 0.29) is 16.7 Å². The number of rotatable bonds is 2. The van der Waals surface area contributed by atoms with Crippen LogP contribution in [0.2, 0.25) is 0 Å². The van der Waals surface area contributed by atoms with E-state index >= 15 is 0 Å². The molecular formula is C13H9F3N4O2S2. The molecule has 11 heteroatoms. The largest absolute Gasteiger partial charge is 0.504 e. The summed E-state index contributed by atoms with van der Waals surface area (Å²) in [6.45, 7) is 0. The van der Waals surface area contributed by atoms with E-state index in [9.17, 15) is 18.3 Å². The first kappa shape index (κ1) is 15.5. The van der Waals surface area contributed by atoms with Crippen molar-refractivity contribution in [2.24, 2.45) is 0 Å². The first-order chi connectivity index (χ1) is 11.4. The number of phenolic OH excluding ortho intramolecular Hbond substituents is 1. The third kappa shape index (κ3) is 2.22. The Morgan fingerprint density at radius 3 is 2.79 bits per heavy atom. The number of ether oxygens (including phenoxy) is 1. The molecule has 0 fully saturated rings. The molecule has 0 saturated carbocycles. The van der Waals surface area contributed by atoms with Crippen molar-refractivity contribution in [2.75, 3.05) is 12.1 Å². The van der Waals surface area contributed by atoms with Gasteiger partial charge < -0.3 is 9.84 Å². The normalized spacial score (nSPS) is 19.2. The molecule has 1 aromatic carbocycles. The number of alkyl halides is 3. The molecule has 2 aliphatic heterocycles. The van der Waals surface area contributed by atoms with E-state index in [2.05, 4.69) is 10.2 Å². The Labute approximate surface area is 142 Å². The molecule has 0 unspecified atom stereocenters. The summed E-state index contributed by atoms with van der Waals surface area (Å²) in [5.41, 5.74) is 0.691. The molecule has 0 radical (unpaired) electrons. The number of benzene rings is 1. The predicted molar refractivity (Wildman–Crippen MR) is 82.2 cm³/mol. The molecular weight excluding hydrogens is 365 g/mol. The van der Waals surface area contributed by atoms with Gasteiger partial charge in [-0.2, -0.15) is 13.2 Å². The van der Waals surface area contributed by atoms with Crippen molar-refractivity contribution in [3.8, 4) is 11.5 Å². The number of phenols is 1. The van der Waals surface area contributed by atoms with Crippen molar-refractivity contribution >= 4 is 23.5 Å². The van der Waals surface area contributed by atoms with Crippen molar-refractivity contribution in [1.29, 1.82) is 0 Å². The number of thioether (sulfide) groups is 2. The third-order valence-electron chi connectivity index (χ3n) is 3.51. The number of methoxy groups -OCH3 is 1. The van der Waals surface area contributed by atoms with Gasteiger partial charge >= 0.3 is 6.18 Å². The lowest BCUT2D eigenvalue weighted by molar-refractivity contribution is -0.147. The van der Waals surface area contributed by atoms with Gasteiger partial charge in [0.2, 0.25) is 5.16 Å². The van der Waals surface area contributed by atoms with Crippen LogP contribution in [0.25, 0.3) is 0 Å². The van der Waals surface area contributed by atoms with Gasteiger partial charge in [0.1, 0.15) is 10.4 Å². The minimum Gasteiger partial charge on any atom is -0.504 e. The number of nitrogens with zero attached hydrogens (tertiary/aromatic N) is 4. The Bertz CT molecular complexity index is 852. The molecule has 2 aliphatic rings. The summed E-state index contributed by atoms with van der Waals surface area (Å²) in [5, 5.41) is 20.2. The Morgan fingerprint density at radius 2 is 2.08 bits per heavy atom. The molecule has 4 rings (SSSR count). The van der Waals surface area contributed by atoms with E-state index < -0.39 is 17.4 Å².